The van der Waals surface area contributed by atoms with Crippen molar-refractivity contribution in [3.63, 3.8) is 0 Å². The summed E-state index contributed by atoms with van der Waals surface area (Å²) in [6.07, 6.45) is 3.90. The third-order valence-corrected chi connectivity index (χ3v) is 3.79. The Morgan fingerprint density at radius 1 is 1.45 bits per heavy atom. The average molecular weight is 288 g/mol. The Morgan fingerprint density at radius 2 is 2.40 bits per heavy atom. The van der Waals surface area contributed by atoms with E-state index in [1.165, 1.54) is 5.56 Å². The molecule has 0 unspecified atom stereocenters. The van der Waals surface area contributed by atoms with E-state index in [9.17, 15) is 0 Å². The smallest absolute Gasteiger partial charge is 0.177 e. The van der Waals surface area contributed by atoms with Crippen LogP contribution in [0.5, 0.6) is 0 Å². The molecule has 6 heteroatoms. The molecule has 104 valence electrons. The normalized spacial score (nSPS) is 11.1. The van der Waals surface area contributed by atoms with Gasteiger partial charge in [-0.3, -0.25) is 4.68 Å². The number of hydrogen-bond acceptors (Lipinski definition) is 5. The lowest BCUT2D eigenvalue weighted by Crippen LogP contribution is -2.19. The highest BCUT2D eigenvalue weighted by molar-refractivity contribution is 7.13. The SMILES string of the molecule is Cc1cnn(CCNCc2cc(-c3cccs3)on2)c1. The predicted molar refractivity (Wildman–Crippen MR) is 78.5 cm³/mol. The highest BCUT2D eigenvalue weighted by Gasteiger charge is 2.06. The minimum absolute atomic E-state index is 0.703. The molecule has 3 heterocycles. The van der Waals surface area contributed by atoms with Crippen LogP contribution in [0.15, 0.2) is 40.5 Å². The van der Waals surface area contributed by atoms with Crippen molar-refractivity contribution in [1.29, 1.82) is 0 Å². The van der Waals surface area contributed by atoms with Crippen LogP contribution in [0.1, 0.15) is 11.3 Å². The van der Waals surface area contributed by atoms with E-state index < -0.39 is 0 Å². The van der Waals surface area contributed by atoms with Crippen LogP contribution in [-0.4, -0.2) is 21.5 Å². The summed E-state index contributed by atoms with van der Waals surface area (Å²) >= 11 is 1.65. The number of thiophene rings is 1. The van der Waals surface area contributed by atoms with Crippen LogP contribution in [0.3, 0.4) is 0 Å². The van der Waals surface area contributed by atoms with Gasteiger partial charge in [-0.15, -0.1) is 11.3 Å². The van der Waals surface area contributed by atoms with Crippen molar-refractivity contribution in [3.8, 4) is 10.6 Å². The quantitative estimate of drug-likeness (QED) is 0.709. The van der Waals surface area contributed by atoms with Crippen molar-refractivity contribution >= 4 is 11.3 Å². The molecule has 0 atom stereocenters. The van der Waals surface area contributed by atoms with E-state index in [-0.39, 0.29) is 0 Å². The van der Waals surface area contributed by atoms with E-state index in [1.807, 2.05) is 47.6 Å². The molecule has 0 saturated heterocycles. The fourth-order valence-electron chi connectivity index (χ4n) is 1.93. The Balaban J connectivity index is 1.47. The third-order valence-electron chi connectivity index (χ3n) is 2.91. The summed E-state index contributed by atoms with van der Waals surface area (Å²) < 4.78 is 7.26. The molecule has 0 aromatic carbocycles. The van der Waals surface area contributed by atoms with Crippen molar-refractivity contribution in [2.75, 3.05) is 6.54 Å². The predicted octanol–water partition coefficient (Wildman–Crippen LogP) is 2.70. The highest BCUT2D eigenvalue weighted by atomic mass is 32.1. The Hall–Kier alpha value is -1.92. The van der Waals surface area contributed by atoms with Gasteiger partial charge in [-0.25, -0.2) is 0 Å². The Morgan fingerprint density at radius 3 is 3.15 bits per heavy atom. The first-order valence-corrected chi connectivity index (χ1v) is 7.38. The molecule has 3 rings (SSSR count). The summed E-state index contributed by atoms with van der Waals surface area (Å²) in [7, 11) is 0. The van der Waals surface area contributed by atoms with E-state index in [1.54, 1.807) is 11.3 Å². The van der Waals surface area contributed by atoms with Gasteiger partial charge in [-0.2, -0.15) is 5.10 Å². The minimum atomic E-state index is 0.703. The maximum atomic E-state index is 5.33. The standard InChI is InChI=1S/C14H16N4OS/c1-11-8-16-18(10-11)5-4-15-9-12-7-13(19-17-12)14-3-2-6-20-14/h2-3,6-8,10,15H,4-5,9H2,1H3. The van der Waals surface area contributed by atoms with E-state index in [0.29, 0.717) is 6.54 Å². The molecule has 0 aliphatic carbocycles. The molecule has 0 aliphatic heterocycles. The van der Waals surface area contributed by atoms with E-state index in [4.69, 9.17) is 4.52 Å². The third kappa shape index (κ3) is 3.15. The largest absolute Gasteiger partial charge is 0.355 e. The molecule has 0 fully saturated rings. The molecular weight excluding hydrogens is 272 g/mol. The Kier molecular flexibility index (Phi) is 3.94. The molecule has 20 heavy (non-hydrogen) atoms. The van der Waals surface area contributed by atoms with Crippen molar-refractivity contribution in [3.05, 3.63) is 47.2 Å². The topological polar surface area (TPSA) is 55.9 Å². The van der Waals surface area contributed by atoms with Gasteiger partial charge in [0, 0.05) is 25.4 Å². The number of nitrogens with one attached hydrogen (secondary N) is 1. The minimum Gasteiger partial charge on any atom is -0.355 e. The van der Waals surface area contributed by atoms with Gasteiger partial charge in [-0.05, 0) is 23.9 Å². The van der Waals surface area contributed by atoms with Gasteiger partial charge in [0.15, 0.2) is 5.76 Å². The zero-order valence-corrected chi connectivity index (χ0v) is 12.1. The molecule has 0 bridgehead atoms. The number of aryl methyl sites for hydroxylation is 1. The van der Waals surface area contributed by atoms with Crippen LogP contribution in [0.25, 0.3) is 10.6 Å². The van der Waals surface area contributed by atoms with E-state index in [2.05, 4.69) is 15.6 Å². The van der Waals surface area contributed by atoms with Gasteiger partial charge in [0.25, 0.3) is 0 Å². The summed E-state index contributed by atoms with van der Waals surface area (Å²) in [5.41, 5.74) is 2.10. The van der Waals surface area contributed by atoms with Crippen LogP contribution in [0, 0.1) is 6.92 Å². The lowest BCUT2D eigenvalue weighted by Gasteiger charge is -2.02. The maximum absolute atomic E-state index is 5.33. The summed E-state index contributed by atoms with van der Waals surface area (Å²) in [6, 6.07) is 6.02. The molecule has 1 N–H and O–H groups in total. The molecule has 0 amide bonds. The molecule has 0 aliphatic rings. The lowest BCUT2D eigenvalue weighted by atomic mass is 10.3. The van der Waals surface area contributed by atoms with E-state index >= 15 is 0 Å². The molecule has 0 saturated carbocycles. The fourth-order valence-corrected chi connectivity index (χ4v) is 2.60. The second-order valence-corrected chi connectivity index (χ2v) is 5.57. The fraction of sp³-hybridized carbons (Fsp3) is 0.286. The van der Waals surface area contributed by atoms with Crippen LogP contribution in [0.4, 0.5) is 0 Å². The Labute approximate surface area is 121 Å². The van der Waals surface area contributed by atoms with Gasteiger partial charge in [0.2, 0.25) is 0 Å². The second kappa shape index (κ2) is 6.02. The maximum Gasteiger partial charge on any atom is 0.177 e. The molecule has 0 spiro atoms. The van der Waals surface area contributed by atoms with Crippen molar-refractivity contribution in [1.82, 2.24) is 20.3 Å². The highest BCUT2D eigenvalue weighted by Crippen LogP contribution is 2.24. The summed E-state index contributed by atoms with van der Waals surface area (Å²) in [5, 5.41) is 13.7. The molecule has 3 aromatic rings. The molecular formula is C14H16N4OS. The first kappa shape index (κ1) is 13.1. The van der Waals surface area contributed by atoms with Crippen LogP contribution >= 0.6 is 11.3 Å². The summed E-state index contributed by atoms with van der Waals surface area (Å²) in [4.78, 5) is 1.11. The zero-order chi connectivity index (χ0) is 13.8. The first-order chi connectivity index (χ1) is 9.81. The van der Waals surface area contributed by atoms with Gasteiger partial charge in [0.05, 0.1) is 23.3 Å². The number of hydrogen-bond donors (Lipinski definition) is 1. The first-order valence-electron chi connectivity index (χ1n) is 6.50. The van der Waals surface area contributed by atoms with Crippen molar-refractivity contribution in [2.24, 2.45) is 0 Å². The number of aromatic nitrogens is 3. The average Bonchev–Trinajstić information content (AvgIpc) is 3.16. The summed E-state index contributed by atoms with van der Waals surface area (Å²) in [6.45, 7) is 4.44. The van der Waals surface area contributed by atoms with Crippen molar-refractivity contribution in [2.45, 2.75) is 20.0 Å². The van der Waals surface area contributed by atoms with Crippen LogP contribution in [-0.2, 0) is 13.1 Å². The molecule has 5 nitrogen and oxygen atoms in total. The lowest BCUT2D eigenvalue weighted by molar-refractivity contribution is 0.419. The van der Waals surface area contributed by atoms with Crippen molar-refractivity contribution < 1.29 is 4.52 Å². The number of nitrogens with zero attached hydrogens (tertiary/aromatic N) is 3. The zero-order valence-electron chi connectivity index (χ0n) is 11.2. The van der Waals surface area contributed by atoms with Crippen LogP contribution in [0.2, 0.25) is 0 Å². The monoisotopic (exact) mass is 288 g/mol. The second-order valence-electron chi connectivity index (χ2n) is 4.62. The van der Waals surface area contributed by atoms with E-state index in [0.717, 1.165) is 29.4 Å². The molecule has 3 aromatic heterocycles. The van der Waals surface area contributed by atoms with Gasteiger partial charge in [0.1, 0.15) is 0 Å². The number of rotatable bonds is 6. The summed E-state index contributed by atoms with van der Waals surface area (Å²) in [5.74, 6) is 0.833. The Bertz CT molecular complexity index is 656. The van der Waals surface area contributed by atoms with Gasteiger partial charge >= 0.3 is 0 Å². The van der Waals surface area contributed by atoms with Gasteiger partial charge < -0.3 is 9.84 Å². The molecule has 0 radical (unpaired) electrons. The van der Waals surface area contributed by atoms with Gasteiger partial charge in [-0.1, -0.05) is 11.2 Å². The van der Waals surface area contributed by atoms with Crippen LogP contribution < -0.4 is 5.32 Å².